The van der Waals surface area contributed by atoms with Gasteiger partial charge in [0.1, 0.15) is 17.5 Å². The number of fused-ring (bicyclic) bond motifs is 1. The van der Waals surface area contributed by atoms with Crippen LogP contribution in [0.3, 0.4) is 0 Å². The van der Waals surface area contributed by atoms with Gasteiger partial charge < -0.3 is 20.2 Å². The number of nitrogens with one attached hydrogen (secondary N) is 1. The number of benzene rings is 1. The number of H-pyrrole nitrogens is 1. The topological polar surface area (TPSA) is 125 Å². The molecular weight excluding hydrogens is 330 g/mol. The van der Waals surface area contributed by atoms with Crippen molar-refractivity contribution in [1.29, 1.82) is 5.26 Å². The lowest BCUT2D eigenvalue weighted by atomic mass is 9.92. The molecule has 26 heavy (non-hydrogen) atoms. The summed E-state index contributed by atoms with van der Waals surface area (Å²) in [6, 6.07) is 7.60. The Hall–Kier alpha value is -3.79. The molecule has 0 unspecified atom stereocenters. The van der Waals surface area contributed by atoms with E-state index in [1.807, 2.05) is 19.9 Å². The molecule has 0 radical (unpaired) electrons. The molecular formula is C19H15N5O2. The van der Waals surface area contributed by atoms with Crippen molar-refractivity contribution in [3.63, 3.8) is 0 Å². The van der Waals surface area contributed by atoms with Crippen LogP contribution in [0.5, 0.6) is 5.75 Å². The highest BCUT2D eigenvalue weighted by molar-refractivity contribution is 5.94. The van der Waals surface area contributed by atoms with Crippen molar-refractivity contribution < 1.29 is 9.52 Å². The molecule has 0 aliphatic rings. The summed E-state index contributed by atoms with van der Waals surface area (Å²) in [6.45, 7) is 3.76. The number of phenols is 1. The number of nitrogen functional groups attached to an aromatic ring is 1. The first kappa shape index (κ1) is 15.7. The van der Waals surface area contributed by atoms with Crippen LogP contribution in [0, 0.1) is 25.2 Å². The van der Waals surface area contributed by atoms with Gasteiger partial charge in [-0.25, -0.2) is 9.97 Å². The van der Waals surface area contributed by atoms with E-state index in [4.69, 9.17) is 10.2 Å². The Morgan fingerprint density at radius 2 is 2.04 bits per heavy atom. The second-order valence-corrected chi connectivity index (χ2v) is 6.07. The lowest BCUT2D eigenvalue weighted by molar-refractivity contribution is 0.471. The van der Waals surface area contributed by atoms with Crippen LogP contribution in [0.2, 0.25) is 0 Å². The smallest absolute Gasteiger partial charge is 0.292 e. The molecule has 4 aromatic rings. The molecule has 0 spiro atoms. The summed E-state index contributed by atoms with van der Waals surface area (Å²) in [7, 11) is 0. The summed E-state index contributed by atoms with van der Waals surface area (Å²) in [5.41, 5.74) is 10.3. The average molecular weight is 345 g/mol. The first-order valence-corrected chi connectivity index (χ1v) is 7.92. The van der Waals surface area contributed by atoms with E-state index in [0.29, 0.717) is 39.2 Å². The number of aryl methyl sites for hydroxylation is 1. The largest absolute Gasteiger partial charge is 0.508 e. The van der Waals surface area contributed by atoms with E-state index in [-0.39, 0.29) is 11.8 Å². The molecule has 7 heteroatoms. The average Bonchev–Trinajstić information content (AvgIpc) is 3.24. The minimum atomic E-state index is 0.0684. The Bertz CT molecular complexity index is 1200. The van der Waals surface area contributed by atoms with Crippen LogP contribution in [0.25, 0.3) is 33.6 Å². The molecule has 4 rings (SSSR count). The highest BCUT2D eigenvalue weighted by Crippen LogP contribution is 2.37. The fourth-order valence-electron chi connectivity index (χ4n) is 3.18. The first-order chi connectivity index (χ1) is 12.5. The van der Waals surface area contributed by atoms with E-state index < -0.39 is 0 Å². The number of nitrogens with two attached hydrogens (primary N) is 1. The molecule has 3 aromatic heterocycles. The summed E-state index contributed by atoms with van der Waals surface area (Å²) >= 11 is 0. The molecule has 0 aliphatic heterocycles. The lowest BCUT2D eigenvalue weighted by Gasteiger charge is -2.13. The number of rotatable bonds is 2. The summed E-state index contributed by atoms with van der Waals surface area (Å²) in [6.07, 6.45) is 3.15. The van der Waals surface area contributed by atoms with Crippen molar-refractivity contribution in [1.82, 2.24) is 15.0 Å². The summed E-state index contributed by atoms with van der Waals surface area (Å²) in [4.78, 5) is 11.4. The summed E-state index contributed by atoms with van der Waals surface area (Å²) < 4.78 is 5.33. The van der Waals surface area contributed by atoms with E-state index in [2.05, 4.69) is 21.0 Å². The third-order valence-electron chi connectivity index (χ3n) is 4.47. The van der Waals surface area contributed by atoms with Crippen LogP contribution in [0.1, 0.15) is 16.7 Å². The van der Waals surface area contributed by atoms with Gasteiger partial charge in [0.15, 0.2) is 5.76 Å². The predicted molar refractivity (Wildman–Crippen MR) is 97.3 cm³/mol. The van der Waals surface area contributed by atoms with E-state index in [0.717, 1.165) is 11.1 Å². The van der Waals surface area contributed by atoms with Crippen LogP contribution >= 0.6 is 0 Å². The summed E-state index contributed by atoms with van der Waals surface area (Å²) in [5, 5.41) is 20.5. The van der Waals surface area contributed by atoms with Crippen molar-refractivity contribution in [3.8, 4) is 34.4 Å². The van der Waals surface area contributed by atoms with Gasteiger partial charge in [-0.05, 0) is 42.7 Å². The molecule has 0 amide bonds. The standard InChI is InChI=1S/C19H15N5O2/c1-9-3-4-15(25)10(2)17(9)13-7-22-18-11(12(13)6-20)5-14(24-18)16-8-23-19(21)26-16/h3-5,7-8,25H,1-2H3,(H2,21,23)(H,22,24). The van der Waals surface area contributed by atoms with Crippen LogP contribution in [-0.2, 0) is 0 Å². The van der Waals surface area contributed by atoms with Crippen LogP contribution in [0.15, 0.2) is 35.0 Å². The minimum absolute atomic E-state index is 0.0684. The van der Waals surface area contributed by atoms with E-state index in [1.165, 1.54) is 6.20 Å². The number of hydrogen-bond donors (Lipinski definition) is 3. The number of nitrogens with zero attached hydrogens (tertiary/aromatic N) is 3. The highest BCUT2D eigenvalue weighted by Gasteiger charge is 2.18. The predicted octanol–water partition coefficient (Wildman–Crippen LogP) is 3.66. The van der Waals surface area contributed by atoms with Gasteiger partial charge in [-0.1, -0.05) is 6.07 Å². The maximum absolute atomic E-state index is 10.1. The third kappa shape index (κ3) is 2.28. The number of pyridine rings is 1. The molecule has 0 atom stereocenters. The molecule has 0 saturated heterocycles. The van der Waals surface area contributed by atoms with Gasteiger partial charge in [-0.15, -0.1) is 0 Å². The minimum Gasteiger partial charge on any atom is -0.508 e. The van der Waals surface area contributed by atoms with E-state index in [1.54, 1.807) is 18.3 Å². The van der Waals surface area contributed by atoms with Gasteiger partial charge in [0.05, 0.1) is 17.5 Å². The molecule has 3 heterocycles. The van der Waals surface area contributed by atoms with Crippen molar-refractivity contribution in [2.75, 3.05) is 5.73 Å². The number of oxazole rings is 1. The second kappa shape index (κ2) is 5.63. The quantitative estimate of drug-likeness (QED) is 0.509. The number of aromatic amines is 1. The monoisotopic (exact) mass is 345 g/mol. The zero-order valence-corrected chi connectivity index (χ0v) is 14.2. The number of phenolic OH excluding ortho intramolecular Hbond substituents is 1. The number of hydrogen-bond acceptors (Lipinski definition) is 6. The van der Waals surface area contributed by atoms with Crippen LogP contribution in [0.4, 0.5) is 6.01 Å². The molecule has 4 N–H and O–H groups in total. The van der Waals surface area contributed by atoms with E-state index >= 15 is 0 Å². The van der Waals surface area contributed by atoms with E-state index in [9.17, 15) is 10.4 Å². The van der Waals surface area contributed by atoms with Gasteiger partial charge in [-0.2, -0.15) is 5.26 Å². The maximum atomic E-state index is 10.1. The number of nitriles is 1. The Kier molecular flexibility index (Phi) is 3.41. The van der Waals surface area contributed by atoms with Crippen LogP contribution in [-0.4, -0.2) is 20.1 Å². The second-order valence-electron chi connectivity index (χ2n) is 6.07. The molecule has 7 nitrogen and oxygen atoms in total. The molecule has 0 fully saturated rings. The van der Waals surface area contributed by atoms with Gasteiger partial charge in [0.25, 0.3) is 6.01 Å². The molecule has 1 aromatic carbocycles. The Balaban J connectivity index is 1.99. The third-order valence-corrected chi connectivity index (χ3v) is 4.47. The SMILES string of the molecule is Cc1ccc(O)c(C)c1-c1cnc2[nH]c(-c3cnc(N)o3)cc2c1C#N. The fourth-order valence-corrected chi connectivity index (χ4v) is 3.18. The van der Waals surface area contributed by atoms with Crippen molar-refractivity contribution in [2.24, 2.45) is 0 Å². The maximum Gasteiger partial charge on any atom is 0.292 e. The van der Waals surface area contributed by atoms with Crippen LogP contribution < -0.4 is 5.73 Å². The lowest BCUT2D eigenvalue weighted by Crippen LogP contribution is -1.94. The van der Waals surface area contributed by atoms with Gasteiger partial charge >= 0.3 is 0 Å². The molecule has 0 saturated carbocycles. The molecule has 0 bridgehead atoms. The number of aromatic nitrogens is 3. The molecule has 128 valence electrons. The normalized spacial score (nSPS) is 11.0. The number of anilines is 1. The Morgan fingerprint density at radius 1 is 1.23 bits per heavy atom. The van der Waals surface area contributed by atoms with Gasteiger partial charge in [-0.3, -0.25) is 0 Å². The van der Waals surface area contributed by atoms with Gasteiger partial charge in [0, 0.05) is 17.1 Å². The Labute approximate surface area is 148 Å². The van der Waals surface area contributed by atoms with Crippen molar-refractivity contribution in [2.45, 2.75) is 13.8 Å². The first-order valence-electron chi connectivity index (χ1n) is 7.92. The summed E-state index contributed by atoms with van der Waals surface area (Å²) in [5.74, 6) is 0.650. The fraction of sp³-hybridized carbons (Fsp3) is 0.105. The Morgan fingerprint density at radius 3 is 2.73 bits per heavy atom. The zero-order valence-electron chi connectivity index (χ0n) is 14.2. The van der Waals surface area contributed by atoms with Gasteiger partial charge in [0.2, 0.25) is 0 Å². The van der Waals surface area contributed by atoms with Crippen molar-refractivity contribution in [3.05, 3.63) is 47.3 Å². The zero-order chi connectivity index (χ0) is 18.4. The molecule has 0 aliphatic carbocycles. The highest BCUT2D eigenvalue weighted by atomic mass is 16.4. The van der Waals surface area contributed by atoms with Crippen molar-refractivity contribution >= 4 is 17.0 Å². The number of aromatic hydroxyl groups is 1.